The van der Waals surface area contributed by atoms with Crippen molar-refractivity contribution in [2.75, 3.05) is 31.9 Å². The van der Waals surface area contributed by atoms with Crippen LogP contribution in [0.5, 0.6) is 0 Å². The van der Waals surface area contributed by atoms with E-state index in [0.717, 1.165) is 31.9 Å². The molecule has 0 bridgehead atoms. The largest absolute Gasteiger partial charge is 0.342 e. The van der Waals surface area contributed by atoms with E-state index in [0.29, 0.717) is 11.3 Å². The van der Waals surface area contributed by atoms with Crippen LogP contribution in [-0.4, -0.2) is 42.7 Å². The van der Waals surface area contributed by atoms with Crippen molar-refractivity contribution >= 4 is 30.1 Å². The molecule has 2 saturated heterocycles. The third-order valence-corrected chi connectivity index (χ3v) is 6.65. The minimum absolute atomic E-state index is 0. The molecule has 0 radical (unpaired) electrons. The first-order valence-electron chi connectivity index (χ1n) is 7.99. The van der Waals surface area contributed by atoms with Gasteiger partial charge in [-0.2, -0.15) is 0 Å². The molecule has 2 fully saturated rings. The van der Waals surface area contributed by atoms with Crippen LogP contribution in [0.25, 0.3) is 0 Å². The number of carbonyl (C=O) groups excluding carboxylic acids is 1. The predicted molar refractivity (Wildman–Crippen MR) is 92.9 cm³/mol. The molecule has 3 aliphatic heterocycles. The van der Waals surface area contributed by atoms with Crippen molar-refractivity contribution < 1.29 is 4.79 Å². The number of carbonyl (C=O) groups is 1. The number of fused-ring (bicyclic) bond motifs is 1. The summed E-state index contributed by atoms with van der Waals surface area (Å²) in [6.45, 7) is 4.20. The third kappa shape index (κ3) is 2.77. The van der Waals surface area contributed by atoms with Crippen molar-refractivity contribution in [1.82, 2.24) is 10.2 Å². The lowest BCUT2D eigenvalue weighted by Crippen LogP contribution is -2.45. The SMILES string of the molecule is Cl.O=C(C1CSc2ccccc21)N1CCC2(CCNC2)CC1. The lowest BCUT2D eigenvalue weighted by molar-refractivity contribution is -0.134. The number of likely N-dealkylation sites (tertiary alicyclic amines) is 1. The van der Waals surface area contributed by atoms with Crippen molar-refractivity contribution in [3.05, 3.63) is 29.8 Å². The maximum atomic E-state index is 12.9. The van der Waals surface area contributed by atoms with Gasteiger partial charge in [0.1, 0.15) is 0 Å². The van der Waals surface area contributed by atoms with E-state index in [1.807, 2.05) is 11.8 Å². The number of piperidine rings is 1. The van der Waals surface area contributed by atoms with Crippen LogP contribution in [0, 0.1) is 5.41 Å². The average Bonchev–Trinajstić information content (AvgIpc) is 3.15. The molecule has 1 amide bonds. The van der Waals surface area contributed by atoms with E-state index in [1.165, 1.54) is 29.7 Å². The summed E-state index contributed by atoms with van der Waals surface area (Å²) in [6, 6.07) is 8.39. The van der Waals surface area contributed by atoms with Crippen LogP contribution in [-0.2, 0) is 4.79 Å². The molecule has 1 N–H and O–H groups in total. The van der Waals surface area contributed by atoms with Crippen LogP contribution in [0.3, 0.4) is 0 Å². The highest BCUT2D eigenvalue weighted by Gasteiger charge is 2.40. The van der Waals surface area contributed by atoms with Crippen molar-refractivity contribution in [2.45, 2.75) is 30.1 Å². The Hall–Kier alpha value is -0.710. The summed E-state index contributed by atoms with van der Waals surface area (Å²) in [5.74, 6) is 1.36. The van der Waals surface area contributed by atoms with Crippen LogP contribution in [0.4, 0.5) is 0 Å². The Kier molecular flexibility index (Phi) is 4.72. The number of benzene rings is 1. The number of hydrogen-bond donors (Lipinski definition) is 1. The van der Waals surface area contributed by atoms with Gasteiger partial charge in [-0.15, -0.1) is 24.2 Å². The minimum atomic E-state index is 0. The fourth-order valence-electron chi connectivity index (χ4n) is 4.01. The van der Waals surface area contributed by atoms with Crippen LogP contribution >= 0.6 is 24.2 Å². The molecule has 22 heavy (non-hydrogen) atoms. The Balaban J connectivity index is 0.00000144. The normalized spacial score (nSPS) is 25.8. The summed E-state index contributed by atoms with van der Waals surface area (Å²) in [5.41, 5.74) is 1.73. The van der Waals surface area contributed by atoms with E-state index in [-0.39, 0.29) is 18.3 Å². The summed E-state index contributed by atoms with van der Waals surface area (Å²) in [4.78, 5) is 16.3. The summed E-state index contributed by atoms with van der Waals surface area (Å²) in [5, 5.41) is 3.49. The molecule has 3 aliphatic rings. The monoisotopic (exact) mass is 338 g/mol. The van der Waals surface area contributed by atoms with E-state index in [2.05, 4.69) is 34.5 Å². The Bertz CT molecular complexity index is 549. The molecule has 1 aromatic carbocycles. The van der Waals surface area contributed by atoms with Gasteiger partial charge in [-0.1, -0.05) is 18.2 Å². The van der Waals surface area contributed by atoms with E-state index in [1.54, 1.807) is 0 Å². The lowest BCUT2D eigenvalue weighted by Gasteiger charge is -2.39. The van der Waals surface area contributed by atoms with Gasteiger partial charge in [0, 0.05) is 30.3 Å². The van der Waals surface area contributed by atoms with Crippen molar-refractivity contribution in [1.29, 1.82) is 0 Å². The zero-order chi connectivity index (χ0) is 14.3. The van der Waals surface area contributed by atoms with Gasteiger partial charge in [0.05, 0.1) is 5.92 Å². The second-order valence-electron chi connectivity index (χ2n) is 6.65. The second kappa shape index (κ2) is 6.42. The number of hydrogen-bond acceptors (Lipinski definition) is 3. The van der Waals surface area contributed by atoms with Crippen LogP contribution < -0.4 is 5.32 Å². The molecule has 0 saturated carbocycles. The van der Waals surface area contributed by atoms with Gasteiger partial charge in [0.15, 0.2) is 0 Å². The summed E-state index contributed by atoms with van der Waals surface area (Å²) in [7, 11) is 0. The zero-order valence-electron chi connectivity index (χ0n) is 12.7. The number of thioether (sulfide) groups is 1. The molecule has 1 atom stereocenters. The highest BCUT2D eigenvalue weighted by atomic mass is 35.5. The van der Waals surface area contributed by atoms with Crippen LogP contribution in [0.15, 0.2) is 29.2 Å². The molecular weight excluding hydrogens is 316 g/mol. The highest BCUT2D eigenvalue weighted by molar-refractivity contribution is 7.99. The molecule has 1 aromatic rings. The topological polar surface area (TPSA) is 32.3 Å². The molecule has 120 valence electrons. The molecule has 1 spiro atoms. The highest BCUT2D eigenvalue weighted by Crippen LogP contribution is 2.42. The van der Waals surface area contributed by atoms with Gasteiger partial charge in [0.2, 0.25) is 5.91 Å². The average molecular weight is 339 g/mol. The first-order chi connectivity index (χ1) is 10.3. The Morgan fingerprint density at radius 2 is 2.00 bits per heavy atom. The van der Waals surface area contributed by atoms with Crippen LogP contribution in [0.2, 0.25) is 0 Å². The van der Waals surface area contributed by atoms with Crippen molar-refractivity contribution in [3.63, 3.8) is 0 Å². The molecule has 0 aromatic heterocycles. The third-order valence-electron chi connectivity index (χ3n) is 5.47. The number of amides is 1. The predicted octanol–water partition coefficient (Wildman–Crippen LogP) is 2.90. The second-order valence-corrected chi connectivity index (χ2v) is 7.72. The quantitative estimate of drug-likeness (QED) is 0.854. The molecule has 3 nitrogen and oxygen atoms in total. The maximum absolute atomic E-state index is 12.9. The molecular formula is C17H23ClN2OS. The molecule has 0 aliphatic carbocycles. The van der Waals surface area contributed by atoms with Crippen molar-refractivity contribution in [3.8, 4) is 0 Å². The van der Waals surface area contributed by atoms with Crippen LogP contribution in [0.1, 0.15) is 30.7 Å². The van der Waals surface area contributed by atoms with E-state index in [9.17, 15) is 4.79 Å². The lowest BCUT2D eigenvalue weighted by atomic mass is 9.77. The van der Waals surface area contributed by atoms with E-state index >= 15 is 0 Å². The number of rotatable bonds is 1. The number of halogens is 1. The Morgan fingerprint density at radius 1 is 1.23 bits per heavy atom. The zero-order valence-corrected chi connectivity index (χ0v) is 14.3. The van der Waals surface area contributed by atoms with Gasteiger partial charge in [-0.05, 0) is 42.9 Å². The number of nitrogens with zero attached hydrogens (tertiary/aromatic N) is 1. The smallest absolute Gasteiger partial charge is 0.231 e. The van der Waals surface area contributed by atoms with Gasteiger partial charge < -0.3 is 10.2 Å². The van der Waals surface area contributed by atoms with Crippen molar-refractivity contribution in [2.24, 2.45) is 5.41 Å². The summed E-state index contributed by atoms with van der Waals surface area (Å²) >= 11 is 1.83. The Morgan fingerprint density at radius 3 is 2.73 bits per heavy atom. The fraction of sp³-hybridized carbons (Fsp3) is 0.588. The maximum Gasteiger partial charge on any atom is 0.231 e. The molecule has 5 heteroatoms. The van der Waals surface area contributed by atoms with Gasteiger partial charge in [-0.3, -0.25) is 4.79 Å². The molecule has 1 unspecified atom stereocenters. The first-order valence-corrected chi connectivity index (χ1v) is 8.97. The Labute approximate surface area is 142 Å². The van der Waals surface area contributed by atoms with Gasteiger partial charge in [0.25, 0.3) is 0 Å². The van der Waals surface area contributed by atoms with E-state index in [4.69, 9.17) is 0 Å². The fourth-order valence-corrected chi connectivity index (χ4v) is 5.23. The molecule has 4 rings (SSSR count). The summed E-state index contributed by atoms with van der Waals surface area (Å²) in [6.07, 6.45) is 3.64. The minimum Gasteiger partial charge on any atom is -0.342 e. The van der Waals surface area contributed by atoms with Gasteiger partial charge in [-0.25, -0.2) is 0 Å². The first kappa shape index (κ1) is 16.2. The summed E-state index contributed by atoms with van der Waals surface area (Å²) < 4.78 is 0. The number of nitrogens with one attached hydrogen (secondary N) is 1. The van der Waals surface area contributed by atoms with Gasteiger partial charge >= 0.3 is 0 Å². The van der Waals surface area contributed by atoms with E-state index < -0.39 is 0 Å². The standard InChI is InChI=1S/C17H22N2OS.ClH/c20-16(14-11-21-15-4-2-1-3-13(14)15)19-9-6-17(7-10-19)5-8-18-12-17;/h1-4,14,18H,5-12H2;1H. The molecule has 3 heterocycles.